The summed E-state index contributed by atoms with van der Waals surface area (Å²) in [6, 6.07) is 10.6. The Kier molecular flexibility index (Phi) is 6.23. The van der Waals surface area contributed by atoms with Gasteiger partial charge in [-0.2, -0.15) is 0 Å². The molecule has 3 rings (SSSR count). The highest BCUT2D eigenvalue weighted by molar-refractivity contribution is 6.33. The van der Waals surface area contributed by atoms with E-state index in [0.29, 0.717) is 22.2 Å². The highest BCUT2D eigenvalue weighted by Gasteiger charge is 2.12. The third-order valence-electron chi connectivity index (χ3n) is 4.04. The van der Waals surface area contributed by atoms with Crippen LogP contribution in [0, 0.1) is 0 Å². The van der Waals surface area contributed by atoms with Crippen LogP contribution in [0.3, 0.4) is 0 Å². The molecule has 144 valence electrons. The molecule has 0 saturated heterocycles. The first kappa shape index (κ1) is 19.8. The van der Waals surface area contributed by atoms with Gasteiger partial charge in [0.25, 0.3) is 5.91 Å². The molecule has 0 aliphatic rings. The largest absolute Gasteiger partial charge is 0.481 e. The van der Waals surface area contributed by atoms with E-state index in [0.717, 1.165) is 23.2 Å². The van der Waals surface area contributed by atoms with Crippen molar-refractivity contribution in [3.05, 3.63) is 71.1 Å². The Hall–Kier alpha value is -2.96. The Balaban J connectivity index is 1.85. The van der Waals surface area contributed by atoms with E-state index >= 15 is 0 Å². The Bertz CT molecular complexity index is 974. The average molecular weight is 397 g/mol. The van der Waals surface area contributed by atoms with Crippen LogP contribution in [0.25, 0.3) is 11.1 Å². The highest BCUT2D eigenvalue weighted by Crippen LogP contribution is 2.29. The van der Waals surface area contributed by atoms with Gasteiger partial charge >= 0.3 is 0 Å². The molecule has 1 N–H and O–H groups in total. The first-order valence-corrected chi connectivity index (χ1v) is 9.04. The molecule has 0 radical (unpaired) electrons. The van der Waals surface area contributed by atoms with Gasteiger partial charge in [-0.15, -0.1) is 0 Å². The van der Waals surface area contributed by atoms with Crippen molar-refractivity contribution in [3.8, 4) is 17.0 Å². The van der Waals surface area contributed by atoms with Crippen LogP contribution in [0.5, 0.6) is 5.88 Å². The number of amides is 1. The molecule has 1 amide bonds. The number of benzene rings is 1. The number of hydrogen-bond donors (Lipinski definition) is 1. The Morgan fingerprint density at radius 1 is 1.14 bits per heavy atom. The number of ether oxygens (including phenoxy) is 1. The molecule has 7 heteroatoms. The summed E-state index contributed by atoms with van der Waals surface area (Å²) >= 11 is 6.39. The monoisotopic (exact) mass is 396 g/mol. The molecule has 0 aliphatic heterocycles. The molecule has 3 aromatic rings. The lowest BCUT2D eigenvalue weighted by Crippen LogP contribution is -2.12. The number of methoxy groups -OCH3 is 1. The summed E-state index contributed by atoms with van der Waals surface area (Å²) < 4.78 is 5.02. The molecule has 0 bridgehead atoms. The Morgan fingerprint density at radius 3 is 2.64 bits per heavy atom. The van der Waals surface area contributed by atoms with Gasteiger partial charge in [-0.3, -0.25) is 9.78 Å². The number of nitrogens with zero attached hydrogens (tertiary/aromatic N) is 3. The van der Waals surface area contributed by atoms with E-state index in [2.05, 4.69) is 20.2 Å². The molecule has 0 unspecified atom stereocenters. The highest BCUT2D eigenvalue weighted by atomic mass is 35.5. The maximum atomic E-state index is 12.6. The zero-order valence-electron chi connectivity index (χ0n) is 15.9. The van der Waals surface area contributed by atoms with Crippen molar-refractivity contribution in [1.82, 2.24) is 14.9 Å². The molecule has 0 fully saturated rings. The topological polar surface area (TPSA) is 67.3 Å². The predicted octanol–water partition coefficient (Wildman–Crippen LogP) is 4.12. The number of halogens is 1. The summed E-state index contributed by atoms with van der Waals surface area (Å²) in [4.78, 5) is 23.1. The van der Waals surface area contributed by atoms with Crippen LogP contribution in [-0.2, 0) is 6.54 Å². The van der Waals surface area contributed by atoms with Crippen LogP contribution in [0.15, 0.2) is 55.0 Å². The molecule has 2 heterocycles. The van der Waals surface area contributed by atoms with Crippen molar-refractivity contribution in [2.45, 2.75) is 6.54 Å². The van der Waals surface area contributed by atoms with Crippen LogP contribution < -0.4 is 10.1 Å². The number of nitrogens with one attached hydrogen (secondary N) is 1. The minimum Gasteiger partial charge on any atom is -0.481 e. The molecule has 0 aliphatic carbocycles. The molecule has 6 nitrogen and oxygen atoms in total. The molecular formula is C21H21ClN4O2. The van der Waals surface area contributed by atoms with Crippen molar-refractivity contribution in [2.75, 3.05) is 26.5 Å². The maximum absolute atomic E-state index is 12.6. The zero-order chi connectivity index (χ0) is 20.1. The maximum Gasteiger partial charge on any atom is 0.255 e. The standard InChI is InChI=1S/C21H21ClN4O2/c1-26(2)13-14-8-16(11-23-10-14)18-9-15(4-6-19(18)22)21(27)25-17-5-7-20(28-3)24-12-17/h4-12H,13H2,1-3H3,(H,25,27). The number of anilines is 1. The van der Waals surface area contributed by atoms with Gasteiger partial charge in [0.15, 0.2) is 0 Å². The lowest BCUT2D eigenvalue weighted by atomic mass is 10.0. The van der Waals surface area contributed by atoms with Gasteiger partial charge in [0, 0.05) is 46.7 Å². The summed E-state index contributed by atoms with van der Waals surface area (Å²) in [6.07, 6.45) is 5.11. The minimum absolute atomic E-state index is 0.248. The van der Waals surface area contributed by atoms with Crippen molar-refractivity contribution < 1.29 is 9.53 Å². The lowest BCUT2D eigenvalue weighted by molar-refractivity contribution is 0.102. The van der Waals surface area contributed by atoms with Gasteiger partial charge in [0.2, 0.25) is 5.88 Å². The fraction of sp³-hybridized carbons (Fsp3) is 0.190. The summed E-state index contributed by atoms with van der Waals surface area (Å²) in [6.45, 7) is 0.767. The SMILES string of the molecule is COc1ccc(NC(=O)c2ccc(Cl)c(-c3cncc(CN(C)C)c3)c2)cn1. The number of hydrogen-bond acceptors (Lipinski definition) is 5. The summed E-state index contributed by atoms with van der Waals surface area (Å²) in [5.74, 6) is 0.235. The summed E-state index contributed by atoms with van der Waals surface area (Å²) in [7, 11) is 5.54. The molecule has 0 saturated carbocycles. The smallest absolute Gasteiger partial charge is 0.255 e. The van der Waals surface area contributed by atoms with E-state index in [4.69, 9.17) is 16.3 Å². The molecule has 0 atom stereocenters. The average Bonchev–Trinajstić information content (AvgIpc) is 2.68. The van der Waals surface area contributed by atoms with Gasteiger partial charge in [0.1, 0.15) is 0 Å². The molecular weight excluding hydrogens is 376 g/mol. The van der Waals surface area contributed by atoms with Crippen LogP contribution in [0.1, 0.15) is 15.9 Å². The van der Waals surface area contributed by atoms with Gasteiger partial charge in [-0.05, 0) is 50.0 Å². The van der Waals surface area contributed by atoms with Gasteiger partial charge in [0.05, 0.1) is 19.0 Å². The molecule has 1 aromatic carbocycles. The van der Waals surface area contributed by atoms with Gasteiger partial charge < -0.3 is 15.0 Å². The molecule has 0 spiro atoms. The van der Waals surface area contributed by atoms with E-state index in [1.54, 1.807) is 42.7 Å². The summed E-state index contributed by atoms with van der Waals surface area (Å²) in [5, 5.41) is 3.38. The fourth-order valence-electron chi connectivity index (χ4n) is 2.75. The van der Waals surface area contributed by atoms with Crippen molar-refractivity contribution in [2.24, 2.45) is 0 Å². The number of pyridine rings is 2. The second kappa shape index (κ2) is 8.82. The van der Waals surface area contributed by atoms with E-state index in [1.807, 2.05) is 26.4 Å². The molecule has 2 aromatic heterocycles. The second-order valence-electron chi connectivity index (χ2n) is 6.56. The van der Waals surface area contributed by atoms with Gasteiger partial charge in [-0.25, -0.2) is 4.98 Å². The lowest BCUT2D eigenvalue weighted by Gasteiger charge is -2.12. The van der Waals surface area contributed by atoms with Crippen LogP contribution in [0.2, 0.25) is 5.02 Å². The first-order valence-electron chi connectivity index (χ1n) is 8.66. The van der Waals surface area contributed by atoms with Crippen molar-refractivity contribution in [1.29, 1.82) is 0 Å². The van der Waals surface area contributed by atoms with Crippen molar-refractivity contribution in [3.63, 3.8) is 0 Å². The Morgan fingerprint density at radius 2 is 1.96 bits per heavy atom. The zero-order valence-corrected chi connectivity index (χ0v) is 16.7. The van der Waals surface area contributed by atoms with Gasteiger partial charge in [-0.1, -0.05) is 11.6 Å². The van der Waals surface area contributed by atoms with E-state index < -0.39 is 0 Å². The van der Waals surface area contributed by atoms with Crippen molar-refractivity contribution >= 4 is 23.2 Å². The quantitative estimate of drug-likeness (QED) is 0.678. The fourth-order valence-corrected chi connectivity index (χ4v) is 2.98. The molecule has 28 heavy (non-hydrogen) atoms. The minimum atomic E-state index is -0.248. The first-order chi connectivity index (χ1) is 13.5. The third-order valence-corrected chi connectivity index (χ3v) is 4.37. The van der Waals surface area contributed by atoms with Crippen LogP contribution >= 0.6 is 11.6 Å². The van der Waals surface area contributed by atoms with E-state index in [-0.39, 0.29) is 5.91 Å². The van der Waals surface area contributed by atoms with E-state index in [1.165, 1.54) is 7.11 Å². The second-order valence-corrected chi connectivity index (χ2v) is 6.96. The van der Waals surface area contributed by atoms with Crippen LogP contribution in [-0.4, -0.2) is 42.0 Å². The van der Waals surface area contributed by atoms with E-state index in [9.17, 15) is 4.79 Å². The third kappa shape index (κ3) is 4.85. The Labute approximate surface area is 169 Å². The number of carbonyl (C=O) groups excluding carboxylic acids is 1. The predicted molar refractivity (Wildman–Crippen MR) is 111 cm³/mol. The number of aromatic nitrogens is 2. The number of rotatable bonds is 6. The normalized spacial score (nSPS) is 10.8. The van der Waals surface area contributed by atoms with Crippen LogP contribution in [0.4, 0.5) is 5.69 Å². The summed E-state index contributed by atoms with van der Waals surface area (Å²) in [5.41, 5.74) is 3.77. The number of carbonyl (C=O) groups is 1.